The third-order valence-corrected chi connectivity index (χ3v) is 5.73. The van der Waals surface area contributed by atoms with Crippen LogP contribution in [-0.4, -0.2) is 30.0 Å². The number of nitrogens with one attached hydrogen (secondary N) is 1. The summed E-state index contributed by atoms with van der Waals surface area (Å²) in [6.07, 6.45) is 2.40. The number of halogens is 1. The predicted octanol–water partition coefficient (Wildman–Crippen LogP) is 3.05. The van der Waals surface area contributed by atoms with Gasteiger partial charge in [-0.15, -0.1) is 11.3 Å². The van der Waals surface area contributed by atoms with E-state index in [4.69, 9.17) is 4.74 Å². The maximum atomic E-state index is 13.6. The van der Waals surface area contributed by atoms with Gasteiger partial charge in [0, 0.05) is 10.4 Å². The number of nitrogens with zero attached hydrogens (tertiary/aromatic N) is 1. The number of ether oxygens (including phenoxy) is 1. The summed E-state index contributed by atoms with van der Waals surface area (Å²) in [6, 6.07) is 7.57. The number of urea groups is 1. The van der Waals surface area contributed by atoms with Crippen LogP contribution in [0.1, 0.15) is 23.3 Å². The highest BCUT2D eigenvalue weighted by Gasteiger charge is 2.54. The first kappa shape index (κ1) is 16.1. The van der Waals surface area contributed by atoms with Gasteiger partial charge in [-0.2, -0.15) is 0 Å². The van der Waals surface area contributed by atoms with Crippen LogP contribution in [0.5, 0.6) is 5.75 Å². The third-order valence-electron chi connectivity index (χ3n) is 4.75. The fourth-order valence-corrected chi connectivity index (χ4v) is 4.55. The second kappa shape index (κ2) is 6.15. The maximum Gasteiger partial charge on any atom is 0.325 e. The summed E-state index contributed by atoms with van der Waals surface area (Å²) in [5, 5.41) is 4.85. The number of para-hydroxylation sites is 1. The molecule has 0 radical (unpaired) electrons. The van der Waals surface area contributed by atoms with E-state index in [9.17, 15) is 14.0 Å². The van der Waals surface area contributed by atoms with Gasteiger partial charge in [-0.1, -0.05) is 12.1 Å². The summed E-state index contributed by atoms with van der Waals surface area (Å²) in [6.45, 7) is 0.132. The number of aryl methyl sites for hydroxylation is 1. The van der Waals surface area contributed by atoms with Crippen LogP contribution in [-0.2, 0) is 16.8 Å². The molecular formula is C18H17FN2O3S. The van der Waals surface area contributed by atoms with Crippen molar-refractivity contribution >= 4 is 23.3 Å². The first-order valence-corrected chi connectivity index (χ1v) is 9.08. The second-order valence-electron chi connectivity index (χ2n) is 6.18. The van der Waals surface area contributed by atoms with Gasteiger partial charge in [0.05, 0.1) is 6.54 Å². The fraction of sp³-hybridized carbons (Fsp3) is 0.333. The van der Waals surface area contributed by atoms with E-state index in [0.717, 1.165) is 23.3 Å². The minimum atomic E-state index is -0.942. The average molecular weight is 360 g/mol. The zero-order valence-corrected chi connectivity index (χ0v) is 14.3. The molecule has 2 aromatic rings. The first-order chi connectivity index (χ1) is 12.1. The van der Waals surface area contributed by atoms with Gasteiger partial charge >= 0.3 is 6.03 Å². The highest BCUT2D eigenvalue weighted by molar-refractivity contribution is 7.10. The van der Waals surface area contributed by atoms with Gasteiger partial charge in [-0.05, 0) is 42.8 Å². The molecule has 0 bridgehead atoms. The Kier molecular flexibility index (Phi) is 3.95. The summed E-state index contributed by atoms with van der Waals surface area (Å²) in [7, 11) is 0. The zero-order chi connectivity index (χ0) is 17.4. The van der Waals surface area contributed by atoms with Crippen LogP contribution in [0.2, 0.25) is 0 Å². The largest absolute Gasteiger partial charge is 0.489 e. The molecule has 4 rings (SSSR count). The lowest BCUT2D eigenvalue weighted by Gasteiger charge is -2.31. The van der Waals surface area contributed by atoms with E-state index in [1.807, 2.05) is 11.4 Å². The number of rotatable bonds is 4. The lowest BCUT2D eigenvalue weighted by Crippen LogP contribution is -2.46. The molecule has 1 N–H and O–H groups in total. The Morgan fingerprint density at radius 1 is 1.28 bits per heavy atom. The van der Waals surface area contributed by atoms with Gasteiger partial charge in [0.25, 0.3) is 5.91 Å². The van der Waals surface area contributed by atoms with Crippen LogP contribution >= 0.6 is 11.3 Å². The molecule has 2 aliphatic rings. The van der Waals surface area contributed by atoms with Gasteiger partial charge in [0.1, 0.15) is 12.1 Å². The Morgan fingerprint density at radius 2 is 2.12 bits per heavy atom. The fourth-order valence-electron chi connectivity index (χ4n) is 3.55. The van der Waals surface area contributed by atoms with E-state index in [1.54, 1.807) is 23.5 Å². The minimum absolute atomic E-state index is 0.0483. The van der Waals surface area contributed by atoms with Gasteiger partial charge in [-0.25, -0.2) is 9.18 Å². The van der Waals surface area contributed by atoms with Gasteiger partial charge in [0.2, 0.25) is 0 Å². The summed E-state index contributed by atoms with van der Waals surface area (Å²) in [5.41, 5.74) is -0.0255. The van der Waals surface area contributed by atoms with Crippen LogP contribution in [0.15, 0.2) is 35.7 Å². The van der Waals surface area contributed by atoms with Gasteiger partial charge in [-0.3, -0.25) is 9.69 Å². The molecular weight excluding hydrogens is 343 g/mol. The van der Waals surface area contributed by atoms with Crippen LogP contribution in [0.4, 0.5) is 9.18 Å². The monoisotopic (exact) mass is 360 g/mol. The van der Waals surface area contributed by atoms with E-state index in [2.05, 4.69) is 5.32 Å². The van der Waals surface area contributed by atoms with Crippen LogP contribution < -0.4 is 10.1 Å². The van der Waals surface area contributed by atoms with Crippen molar-refractivity contribution in [3.63, 3.8) is 0 Å². The van der Waals surface area contributed by atoms with Crippen LogP contribution in [0.3, 0.4) is 0 Å². The lowest BCUT2D eigenvalue weighted by atomic mass is 9.80. The lowest BCUT2D eigenvalue weighted by molar-refractivity contribution is -0.132. The van der Waals surface area contributed by atoms with Gasteiger partial charge in [0.15, 0.2) is 11.6 Å². The molecule has 25 heavy (non-hydrogen) atoms. The number of hydrogen-bond acceptors (Lipinski definition) is 4. The Labute approximate surface area is 148 Å². The summed E-state index contributed by atoms with van der Waals surface area (Å²) >= 11 is 1.62. The molecule has 1 aliphatic carbocycles. The van der Waals surface area contributed by atoms with E-state index in [0.29, 0.717) is 6.42 Å². The summed E-state index contributed by atoms with van der Waals surface area (Å²) in [5.74, 6) is -0.595. The number of amides is 3. The average Bonchev–Trinajstić information content (AvgIpc) is 3.17. The van der Waals surface area contributed by atoms with E-state index in [1.165, 1.54) is 17.0 Å². The summed E-state index contributed by atoms with van der Waals surface area (Å²) < 4.78 is 19.0. The molecule has 2 heterocycles. The molecule has 3 amide bonds. The van der Waals surface area contributed by atoms with Crippen molar-refractivity contribution in [2.45, 2.75) is 24.8 Å². The first-order valence-electron chi connectivity index (χ1n) is 8.20. The molecule has 1 aromatic heterocycles. The number of carbonyl (C=O) groups is 2. The topological polar surface area (TPSA) is 58.6 Å². The molecule has 1 aliphatic heterocycles. The van der Waals surface area contributed by atoms with Crippen molar-refractivity contribution in [2.75, 3.05) is 13.2 Å². The third kappa shape index (κ3) is 2.59. The molecule has 1 spiro atoms. The predicted molar refractivity (Wildman–Crippen MR) is 91.1 cm³/mol. The standard InChI is InChI=1S/C18H17FN2O3S/c19-13-4-1-2-5-14(13)24-10-9-21-16(22)18(20-17(21)23)8-3-6-15-12(18)7-11-25-15/h1-2,4-5,7,11H,3,6,8-10H2,(H,20,23). The van der Waals surface area contributed by atoms with Crippen molar-refractivity contribution in [1.29, 1.82) is 0 Å². The molecule has 1 aromatic carbocycles. The van der Waals surface area contributed by atoms with Crippen molar-refractivity contribution in [3.05, 3.63) is 52.0 Å². The van der Waals surface area contributed by atoms with Crippen molar-refractivity contribution in [3.8, 4) is 5.75 Å². The molecule has 5 nitrogen and oxygen atoms in total. The second-order valence-corrected chi connectivity index (χ2v) is 7.18. The normalized spacial score (nSPS) is 22.2. The molecule has 0 saturated carbocycles. The Hall–Kier alpha value is -2.41. The smallest absolute Gasteiger partial charge is 0.325 e. The van der Waals surface area contributed by atoms with Crippen LogP contribution in [0, 0.1) is 5.82 Å². The SMILES string of the molecule is O=C1NC2(CCCc3sccc32)C(=O)N1CCOc1ccccc1F. The van der Waals surface area contributed by atoms with E-state index in [-0.39, 0.29) is 24.8 Å². The molecule has 1 atom stereocenters. The Morgan fingerprint density at radius 3 is 2.96 bits per heavy atom. The van der Waals surface area contributed by atoms with Crippen molar-refractivity contribution in [2.24, 2.45) is 0 Å². The van der Waals surface area contributed by atoms with E-state index < -0.39 is 17.4 Å². The quantitative estimate of drug-likeness (QED) is 0.853. The highest BCUT2D eigenvalue weighted by Crippen LogP contribution is 2.42. The number of hydrogen-bond donors (Lipinski definition) is 1. The number of thiophene rings is 1. The molecule has 130 valence electrons. The summed E-state index contributed by atoms with van der Waals surface area (Å²) in [4.78, 5) is 27.7. The molecule has 1 unspecified atom stereocenters. The molecule has 1 saturated heterocycles. The van der Waals surface area contributed by atoms with E-state index >= 15 is 0 Å². The number of carbonyl (C=O) groups excluding carboxylic acids is 2. The maximum absolute atomic E-state index is 13.6. The number of imide groups is 1. The number of benzene rings is 1. The van der Waals surface area contributed by atoms with Crippen molar-refractivity contribution < 1.29 is 18.7 Å². The Bertz CT molecular complexity index is 837. The minimum Gasteiger partial charge on any atom is -0.489 e. The Balaban J connectivity index is 1.49. The highest BCUT2D eigenvalue weighted by atomic mass is 32.1. The van der Waals surface area contributed by atoms with Crippen molar-refractivity contribution in [1.82, 2.24) is 10.2 Å². The number of fused-ring (bicyclic) bond motifs is 2. The molecule has 1 fully saturated rings. The molecule has 7 heteroatoms. The van der Waals surface area contributed by atoms with Gasteiger partial charge < -0.3 is 10.1 Å². The van der Waals surface area contributed by atoms with Crippen LogP contribution in [0.25, 0.3) is 0 Å². The zero-order valence-electron chi connectivity index (χ0n) is 13.5.